The van der Waals surface area contributed by atoms with Crippen LogP contribution in [0.1, 0.15) is 56.9 Å². The molecule has 0 bridgehead atoms. The van der Waals surface area contributed by atoms with Crippen molar-refractivity contribution in [3.8, 4) is 11.8 Å². The minimum atomic E-state index is -0.709. The van der Waals surface area contributed by atoms with Crippen LogP contribution in [0.25, 0.3) is 5.69 Å². The van der Waals surface area contributed by atoms with Crippen LogP contribution in [-0.4, -0.2) is 45.1 Å². The van der Waals surface area contributed by atoms with Crippen LogP contribution in [0.5, 0.6) is 0 Å². The molecule has 1 aliphatic carbocycles. The van der Waals surface area contributed by atoms with Gasteiger partial charge >= 0.3 is 0 Å². The van der Waals surface area contributed by atoms with Crippen molar-refractivity contribution < 1.29 is 4.79 Å². The molecule has 31 heavy (non-hydrogen) atoms. The summed E-state index contributed by atoms with van der Waals surface area (Å²) in [5.74, 6) is 0.937. The van der Waals surface area contributed by atoms with E-state index in [0.717, 1.165) is 69.7 Å². The van der Waals surface area contributed by atoms with E-state index in [0.29, 0.717) is 5.16 Å². The van der Waals surface area contributed by atoms with Crippen molar-refractivity contribution >= 4 is 23.6 Å². The average molecular weight is 439 g/mol. The number of nitriles is 1. The highest BCUT2D eigenvalue weighted by molar-refractivity contribution is 7.99. The molecule has 1 saturated heterocycles. The molecule has 2 fully saturated rings. The predicted octanol–water partition coefficient (Wildman–Crippen LogP) is 4.00. The Labute approximate surface area is 188 Å². The molecular weight excluding hydrogens is 408 g/mol. The molecule has 1 N–H and O–H groups in total. The van der Waals surface area contributed by atoms with Crippen LogP contribution in [-0.2, 0) is 4.79 Å². The molecule has 1 aromatic heterocycles. The highest BCUT2D eigenvalue weighted by atomic mass is 32.2. The highest BCUT2D eigenvalue weighted by Crippen LogP contribution is 2.30. The SMILES string of the molecule is Cc1ccc(-n2c(SCC(=O)NC3(C#N)CCCCC3)nnc2N2CCCCC2)cc1. The van der Waals surface area contributed by atoms with Gasteiger partial charge in [-0.05, 0) is 51.2 Å². The molecular formula is C23H30N6OS. The molecule has 8 heteroatoms. The maximum Gasteiger partial charge on any atom is 0.232 e. The fourth-order valence-corrected chi connectivity index (χ4v) is 5.17. The molecule has 1 amide bonds. The van der Waals surface area contributed by atoms with E-state index >= 15 is 0 Å². The fraction of sp³-hybridized carbons (Fsp3) is 0.565. The second-order valence-electron chi connectivity index (χ2n) is 8.59. The minimum Gasteiger partial charge on any atom is -0.341 e. The number of anilines is 1. The molecule has 164 valence electrons. The Morgan fingerprint density at radius 2 is 1.77 bits per heavy atom. The number of piperidine rings is 1. The molecule has 1 aromatic carbocycles. The van der Waals surface area contributed by atoms with Crippen LogP contribution >= 0.6 is 11.8 Å². The molecule has 0 radical (unpaired) electrons. The number of nitrogens with one attached hydrogen (secondary N) is 1. The van der Waals surface area contributed by atoms with E-state index in [1.165, 1.54) is 23.7 Å². The van der Waals surface area contributed by atoms with E-state index in [2.05, 4.69) is 62.2 Å². The van der Waals surface area contributed by atoms with Crippen LogP contribution in [0.15, 0.2) is 29.4 Å². The summed E-state index contributed by atoms with van der Waals surface area (Å²) >= 11 is 1.38. The van der Waals surface area contributed by atoms with Crippen molar-refractivity contribution in [2.45, 2.75) is 69.0 Å². The Hall–Kier alpha value is -2.53. The zero-order chi connectivity index (χ0) is 21.7. The summed E-state index contributed by atoms with van der Waals surface area (Å²) in [6.07, 6.45) is 8.13. The molecule has 1 saturated carbocycles. The Morgan fingerprint density at radius 3 is 2.45 bits per heavy atom. The van der Waals surface area contributed by atoms with Crippen LogP contribution in [0.2, 0.25) is 0 Å². The highest BCUT2D eigenvalue weighted by Gasteiger charge is 2.33. The summed E-state index contributed by atoms with van der Waals surface area (Å²) in [5.41, 5.74) is 1.48. The Bertz CT molecular complexity index is 936. The number of amides is 1. The standard InChI is InChI=1S/C23H30N6OS/c1-18-8-10-19(11-9-18)29-21(28-14-6-3-7-15-28)26-27-22(29)31-16-20(30)25-23(17-24)12-4-2-5-13-23/h8-11H,2-7,12-16H2,1H3,(H,25,30). The third-order valence-corrected chi connectivity index (χ3v) is 7.11. The van der Waals surface area contributed by atoms with Gasteiger partial charge in [0.15, 0.2) is 5.16 Å². The Morgan fingerprint density at radius 1 is 1.10 bits per heavy atom. The third-order valence-electron chi connectivity index (χ3n) is 6.18. The summed E-state index contributed by atoms with van der Waals surface area (Å²) < 4.78 is 2.06. The fourth-order valence-electron chi connectivity index (χ4n) is 4.43. The molecule has 1 aliphatic heterocycles. The van der Waals surface area contributed by atoms with Gasteiger partial charge in [0.25, 0.3) is 0 Å². The quantitative estimate of drug-likeness (QED) is 0.686. The zero-order valence-electron chi connectivity index (χ0n) is 18.1. The van der Waals surface area contributed by atoms with Gasteiger partial charge in [-0.3, -0.25) is 9.36 Å². The van der Waals surface area contributed by atoms with Crippen molar-refractivity contribution in [2.75, 3.05) is 23.7 Å². The first-order valence-electron chi connectivity index (χ1n) is 11.2. The summed E-state index contributed by atoms with van der Waals surface area (Å²) in [6, 6.07) is 10.7. The molecule has 4 rings (SSSR count). The molecule has 2 aromatic rings. The van der Waals surface area contributed by atoms with Gasteiger partial charge in [0.05, 0.1) is 17.5 Å². The summed E-state index contributed by atoms with van der Waals surface area (Å²) in [4.78, 5) is 15.0. The minimum absolute atomic E-state index is 0.119. The van der Waals surface area contributed by atoms with Crippen molar-refractivity contribution in [2.24, 2.45) is 0 Å². The molecule has 0 spiro atoms. The normalized spacial score (nSPS) is 18.4. The van der Waals surface area contributed by atoms with Gasteiger partial charge in [0, 0.05) is 13.1 Å². The van der Waals surface area contributed by atoms with Gasteiger partial charge in [-0.2, -0.15) is 5.26 Å². The number of rotatable bonds is 6. The molecule has 7 nitrogen and oxygen atoms in total. The number of hydrogen-bond donors (Lipinski definition) is 1. The number of thioether (sulfide) groups is 1. The van der Waals surface area contributed by atoms with Crippen molar-refractivity contribution in [1.82, 2.24) is 20.1 Å². The number of aryl methyl sites for hydroxylation is 1. The number of hydrogen-bond acceptors (Lipinski definition) is 6. The molecule has 0 unspecified atom stereocenters. The van der Waals surface area contributed by atoms with Gasteiger partial charge in [-0.1, -0.05) is 48.7 Å². The number of benzene rings is 1. The zero-order valence-corrected chi connectivity index (χ0v) is 19.0. The van der Waals surface area contributed by atoms with E-state index < -0.39 is 5.54 Å². The maximum absolute atomic E-state index is 12.7. The second-order valence-corrected chi connectivity index (χ2v) is 9.54. The van der Waals surface area contributed by atoms with E-state index in [-0.39, 0.29) is 11.7 Å². The summed E-state index contributed by atoms with van der Waals surface area (Å²) in [7, 11) is 0. The lowest BCUT2D eigenvalue weighted by atomic mass is 9.83. The van der Waals surface area contributed by atoms with E-state index in [1.807, 2.05) is 0 Å². The van der Waals surface area contributed by atoms with Gasteiger partial charge in [-0.25, -0.2) is 0 Å². The van der Waals surface area contributed by atoms with E-state index in [4.69, 9.17) is 0 Å². The van der Waals surface area contributed by atoms with Gasteiger partial charge in [0.1, 0.15) is 5.54 Å². The number of carbonyl (C=O) groups is 1. The number of nitrogens with zero attached hydrogens (tertiary/aromatic N) is 5. The van der Waals surface area contributed by atoms with Gasteiger partial charge in [-0.15, -0.1) is 10.2 Å². The van der Waals surface area contributed by atoms with Crippen LogP contribution in [0.3, 0.4) is 0 Å². The van der Waals surface area contributed by atoms with Gasteiger partial charge < -0.3 is 10.2 Å². The van der Waals surface area contributed by atoms with Crippen LogP contribution in [0, 0.1) is 18.3 Å². The van der Waals surface area contributed by atoms with E-state index in [1.54, 1.807) is 0 Å². The first kappa shape index (κ1) is 21.7. The summed E-state index contributed by atoms with van der Waals surface area (Å²) in [6.45, 7) is 4.01. The largest absolute Gasteiger partial charge is 0.341 e. The Kier molecular flexibility index (Phi) is 6.81. The van der Waals surface area contributed by atoms with Crippen molar-refractivity contribution in [3.63, 3.8) is 0 Å². The first-order valence-corrected chi connectivity index (χ1v) is 12.2. The lowest BCUT2D eigenvalue weighted by Gasteiger charge is -2.31. The van der Waals surface area contributed by atoms with Crippen LogP contribution < -0.4 is 10.2 Å². The number of aromatic nitrogens is 3. The first-order chi connectivity index (χ1) is 15.1. The predicted molar refractivity (Wildman–Crippen MR) is 122 cm³/mol. The van der Waals surface area contributed by atoms with Crippen molar-refractivity contribution in [1.29, 1.82) is 5.26 Å². The topological polar surface area (TPSA) is 86.8 Å². The monoisotopic (exact) mass is 438 g/mol. The Balaban J connectivity index is 1.52. The summed E-state index contributed by atoms with van der Waals surface area (Å²) in [5, 5.41) is 22.3. The lowest BCUT2D eigenvalue weighted by Crippen LogP contribution is -2.49. The van der Waals surface area contributed by atoms with Crippen molar-refractivity contribution in [3.05, 3.63) is 29.8 Å². The molecule has 0 atom stereocenters. The molecule has 2 heterocycles. The maximum atomic E-state index is 12.7. The average Bonchev–Trinajstić information content (AvgIpc) is 3.23. The third kappa shape index (κ3) is 5.04. The van der Waals surface area contributed by atoms with Gasteiger partial charge in [0.2, 0.25) is 11.9 Å². The smallest absolute Gasteiger partial charge is 0.232 e. The van der Waals surface area contributed by atoms with Crippen LogP contribution in [0.4, 0.5) is 5.95 Å². The number of carbonyl (C=O) groups excluding carboxylic acids is 1. The second kappa shape index (κ2) is 9.73. The lowest BCUT2D eigenvalue weighted by molar-refractivity contribution is -0.120. The van der Waals surface area contributed by atoms with E-state index in [9.17, 15) is 10.1 Å². The molecule has 2 aliphatic rings.